The van der Waals surface area contributed by atoms with Gasteiger partial charge in [0, 0.05) is 18.3 Å². The third kappa shape index (κ3) is 2.49. The highest BCUT2D eigenvalue weighted by atomic mass is 16.2. The minimum absolute atomic E-state index is 0.0726. The van der Waals surface area contributed by atoms with Crippen molar-refractivity contribution in [3.05, 3.63) is 66.4 Å². The molecule has 134 valence electrons. The molecule has 0 aliphatic carbocycles. The van der Waals surface area contributed by atoms with E-state index in [0.717, 1.165) is 11.4 Å². The Morgan fingerprint density at radius 1 is 1.11 bits per heavy atom. The average molecular weight is 359 g/mol. The monoisotopic (exact) mass is 359 g/mol. The van der Waals surface area contributed by atoms with Gasteiger partial charge < -0.3 is 4.90 Å². The van der Waals surface area contributed by atoms with Crippen LogP contribution in [0, 0.1) is 0 Å². The van der Waals surface area contributed by atoms with Gasteiger partial charge in [-0.25, -0.2) is 9.67 Å². The third-order valence-electron chi connectivity index (χ3n) is 4.94. The summed E-state index contributed by atoms with van der Waals surface area (Å²) in [6, 6.07) is 13.3. The molecule has 0 radical (unpaired) electrons. The molecular weight excluding hydrogens is 342 g/mol. The van der Waals surface area contributed by atoms with E-state index in [1.807, 2.05) is 59.1 Å². The first-order chi connectivity index (χ1) is 13.2. The summed E-state index contributed by atoms with van der Waals surface area (Å²) in [5.41, 5.74) is 2.07. The number of benzene rings is 1. The predicted molar refractivity (Wildman–Crippen MR) is 97.9 cm³/mol. The standard InChI is InChI=1S/C19H17N7O/c1-13-17-21-16(14-6-3-2-4-7-14)23-26(17)11-10-25(13)19(27)15-8-5-9-24-12-20-22-18(15)24/h2-9,12-13H,10-11H2,1H3/t13-/m0/s1. The van der Waals surface area contributed by atoms with Crippen LogP contribution in [0.15, 0.2) is 55.0 Å². The van der Waals surface area contributed by atoms with Crippen LogP contribution in [0.4, 0.5) is 0 Å². The second kappa shape index (κ2) is 6.01. The van der Waals surface area contributed by atoms with Crippen molar-refractivity contribution in [2.24, 2.45) is 0 Å². The Hall–Kier alpha value is -3.55. The number of nitrogens with zero attached hydrogens (tertiary/aromatic N) is 7. The van der Waals surface area contributed by atoms with E-state index in [9.17, 15) is 4.79 Å². The first-order valence-electron chi connectivity index (χ1n) is 8.82. The van der Waals surface area contributed by atoms with Crippen LogP contribution < -0.4 is 0 Å². The number of amides is 1. The van der Waals surface area contributed by atoms with Crippen LogP contribution in [0.2, 0.25) is 0 Å². The van der Waals surface area contributed by atoms with Crippen molar-refractivity contribution >= 4 is 11.6 Å². The summed E-state index contributed by atoms with van der Waals surface area (Å²) >= 11 is 0. The smallest absolute Gasteiger partial charge is 0.258 e. The molecule has 1 aliphatic heterocycles. The maximum absolute atomic E-state index is 13.2. The van der Waals surface area contributed by atoms with Crippen LogP contribution in [0.1, 0.15) is 29.1 Å². The molecule has 0 saturated heterocycles. The van der Waals surface area contributed by atoms with E-state index >= 15 is 0 Å². The predicted octanol–water partition coefficient (Wildman–Crippen LogP) is 2.20. The minimum atomic E-state index is -0.181. The minimum Gasteiger partial charge on any atom is -0.327 e. The molecule has 0 fully saturated rings. The molecule has 0 unspecified atom stereocenters. The summed E-state index contributed by atoms with van der Waals surface area (Å²) in [5, 5.41) is 12.6. The van der Waals surface area contributed by atoms with E-state index in [4.69, 9.17) is 4.98 Å². The summed E-state index contributed by atoms with van der Waals surface area (Å²) in [4.78, 5) is 19.7. The van der Waals surface area contributed by atoms with Gasteiger partial charge in [-0.3, -0.25) is 9.20 Å². The molecule has 1 aromatic carbocycles. The number of hydrogen-bond donors (Lipinski definition) is 0. The second-order valence-corrected chi connectivity index (χ2v) is 6.54. The summed E-state index contributed by atoms with van der Waals surface area (Å²) < 4.78 is 3.65. The lowest BCUT2D eigenvalue weighted by Crippen LogP contribution is -2.41. The van der Waals surface area contributed by atoms with Gasteiger partial charge in [0.1, 0.15) is 12.2 Å². The van der Waals surface area contributed by atoms with Gasteiger partial charge in [-0.2, -0.15) is 5.10 Å². The fraction of sp³-hybridized carbons (Fsp3) is 0.211. The van der Waals surface area contributed by atoms with Crippen molar-refractivity contribution in [1.82, 2.24) is 34.3 Å². The molecule has 3 aromatic heterocycles. The maximum atomic E-state index is 13.2. The van der Waals surface area contributed by atoms with Crippen molar-refractivity contribution in [2.45, 2.75) is 19.5 Å². The lowest BCUT2D eigenvalue weighted by atomic mass is 10.1. The van der Waals surface area contributed by atoms with Crippen molar-refractivity contribution in [3.8, 4) is 11.4 Å². The number of pyridine rings is 1. The highest BCUT2D eigenvalue weighted by molar-refractivity contribution is 5.99. The van der Waals surface area contributed by atoms with Gasteiger partial charge in [-0.1, -0.05) is 30.3 Å². The Morgan fingerprint density at radius 2 is 1.96 bits per heavy atom. The molecule has 1 aliphatic rings. The third-order valence-corrected chi connectivity index (χ3v) is 4.94. The molecule has 0 bridgehead atoms. The summed E-state index contributed by atoms with van der Waals surface area (Å²) in [6.45, 7) is 3.16. The second-order valence-electron chi connectivity index (χ2n) is 6.54. The number of hydrogen-bond acceptors (Lipinski definition) is 5. The first-order valence-corrected chi connectivity index (χ1v) is 8.82. The molecule has 0 spiro atoms. The largest absolute Gasteiger partial charge is 0.327 e. The van der Waals surface area contributed by atoms with Crippen molar-refractivity contribution in [2.75, 3.05) is 6.54 Å². The van der Waals surface area contributed by atoms with Gasteiger partial charge in [0.05, 0.1) is 18.2 Å². The van der Waals surface area contributed by atoms with E-state index in [-0.39, 0.29) is 11.9 Å². The van der Waals surface area contributed by atoms with Crippen LogP contribution in [0.3, 0.4) is 0 Å². The SMILES string of the molecule is C[C@H]1c2nc(-c3ccccc3)nn2CCN1C(=O)c1cccn2cnnc12. The molecule has 0 saturated carbocycles. The van der Waals surface area contributed by atoms with Gasteiger partial charge in [0.15, 0.2) is 11.5 Å². The van der Waals surface area contributed by atoms with Gasteiger partial charge in [-0.05, 0) is 19.1 Å². The van der Waals surface area contributed by atoms with Gasteiger partial charge in [-0.15, -0.1) is 10.2 Å². The maximum Gasteiger partial charge on any atom is 0.258 e. The number of carbonyl (C=O) groups is 1. The molecule has 27 heavy (non-hydrogen) atoms. The van der Waals surface area contributed by atoms with E-state index < -0.39 is 0 Å². The number of fused-ring (bicyclic) bond motifs is 2. The molecule has 4 heterocycles. The average Bonchev–Trinajstić information content (AvgIpc) is 3.35. The van der Waals surface area contributed by atoms with E-state index in [1.165, 1.54) is 0 Å². The Labute approximate surface area is 155 Å². The molecule has 4 aromatic rings. The zero-order valence-electron chi connectivity index (χ0n) is 14.7. The van der Waals surface area contributed by atoms with Gasteiger partial charge in [0.2, 0.25) is 0 Å². The Bertz CT molecular complexity index is 1130. The van der Waals surface area contributed by atoms with E-state index in [2.05, 4.69) is 15.3 Å². The van der Waals surface area contributed by atoms with Crippen LogP contribution in [0.25, 0.3) is 17.0 Å². The molecule has 1 amide bonds. The highest BCUT2D eigenvalue weighted by Gasteiger charge is 2.32. The normalized spacial score (nSPS) is 16.5. The Balaban J connectivity index is 1.49. The van der Waals surface area contributed by atoms with Crippen molar-refractivity contribution in [3.63, 3.8) is 0 Å². The van der Waals surface area contributed by atoms with Crippen LogP contribution in [0.5, 0.6) is 0 Å². The van der Waals surface area contributed by atoms with Crippen molar-refractivity contribution < 1.29 is 4.79 Å². The highest BCUT2D eigenvalue weighted by Crippen LogP contribution is 2.28. The van der Waals surface area contributed by atoms with Crippen LogP contribution in [-0.2, 0) is 6.54 Å². The molecular formula is C19H17N7O. The first kappa shape index (κ1) is 15.7. The lowest BCUT2D eigenvalue weighted by Gasteiger charge is -2.32. The van der Waals surface area contributed by atoms with Crippen LogP contribution in [-0.4, -0.2) is 46.7 Å². The fourth-order valence-corrected chi connectivity index (χ4v) is 3.52. The molecule has 8 heteroatoms. The number of aromatic nitrogens is 6. The number of carbonyl (C=O) groups excluding carboxylic acids is 1. The van der Waals surface area contributed by atoms with Gasteiger partial charge in [0.25, 0.3) is 5.91 Å². The Kier molecular flexibility index (Phi) is 3.49. The van der Waals surface area contributed by atoms with Gasteiger partial charge >= 0.3 is 0 Å². The quantitative estimate of drug-likeness (QED) is 0.548. The molecule has 5 rings (SSSR count). The van der Waals surface area contributed by atoms with E-state index in [1.54, 1.807) is 16.8 Å². The van der Waals surface area contributed by atoms with Crippen molar-refractivity contribution in [1.29, 1.82) is 0 Å². The zero-order chi connectivity index (χ0) is 18.4. The fourth-order valence-electron chi connectivity index (χ4n) is 3.52. The number of rotatable bonds is 2. The summed E-state index contributed by atoms with van der Waals surface area (Å²) in [6.07, 6.45) is 3.42. The molecule has 1 atom stereocenters. The zero-order valence-corrected chi connectivity index (χ0v) is 14.7. The molecule has 8 nitrogen and oxygen atoms in total. The van der Waals surface area contributed by atoms with Crippen LogP contribution >= 0.6 is 0 Å². The van der Waals surface area contributed by atoms with E-state index in [0.29, 0.717) is 30.1 Å². The topological polar surface area (TPSA) is 81.2 Å². The Morgan fingerprint density at radius 3 is 2.81 bits per heavy atom. The summed E-state index contributed by atoms with van der Waals surface area (Å²) in [7, 11) is 0. The lowest BCUT2D eigenvalue weighted by molar-refractivity contribution is 0.0632. The molecule has 0 N–H and O–H groups in total. The summed E-state index contributed by atoms with van der Waals surface area (Å²) in [5.74, 6) is 1.41.